The van der Waals surface area contributed by atoms with E-state index in [1.54, 1.807) is 19.2 Å². The number of hydrogen-bond donors (Lipinski definition) is 1. The molecule has 1 unspecified atom stereocenters. The van der Waals surface area contributed by atoms with Gasteiger partial charge in [0.05, 0.1) is 6.61 Å². The van der Waals surface area contributed by atoms with Gasteiger partial charge >= 0.3 is 6.36 Å². The molecule has 0 bridgehead atoms. The predicted molar refractivity (Wildman–Crippen MR) is 66.3 cm³/mol. The molecule has 1 aromatic rings. The summed E-state index contributed by atoms with van der Waals surface area (Å²) in [6, 6.07) is 5.67. The van der Waals surface area contributed by atoms with E-state index in [4.69, 9.17) is 16.3 Å². The van der Waals surface area contributed by atoms with Crippen molar-refractivity contribution in [3.63, 3.8) is 0 Å². The first-order chi connectivity index (χ1) is 8.94. The van der Waals surface area contributed by atoms with Gasteiger partial charge in [-0.25, -0.2) is 0 Å². The number of rotatable bonds is 7. The van der Waals surface area contributed by atoms with Crippen molar-refractivity contribution in [1.29, 1.82) is 0 Å². The van der Waals surface area contributed by atoms with Gasteiger partial charge in [-0.05, 0) is 17.7 Å². The lowest BCUT2D eigenvalue weighted by Crippen LogP contribution is -2.34. The van der Waals surface area contributed by atoms with Crippen molar-refractivity contribution in [3.05, 3.63) is 29.8 Å². The molecule has 7 heteroatoms. The van der Waals surface area contributed by atoms with Gasteiger partial charge in [0.15, 0.2) is 0 Å². The highest BCUT2D eigenvalue weighted by atomic mass is 35.5. The summed E-state index contributed by atoms with van der Waals surface area (Å²) in [5, 5.41) is 3.13. The van der Waals surface area contributed by atoms with Crippen LogP contribution < -0.4 is 10.1 Å². The standard InChI is InChI=1S/C12H15ClF3NO2/c1-18-8-10(6-13)17-7-9-2-4-11(5-3-9)19-12(14,15)16/h2-5,10,17H,6-8H2,1H3. The van der Waals surface area contributed by atoms with Crippen molar-refractivity contribution in [2.24, 2.45) is 0 Å². The summed E-state index contributed by atoms with van der Waals surface area (Å²) in [7, 11) is 1.57. The van der Waals surface area contributed by atoms with Gasteiger partial charge < -0.3 is 14.8 Å². The van der Waals surface area contributed by atoms with Crippen molar-refractivity contribution in [3.8, 4) is 5.75 Å². The number of benzene rings is 1. The first-order valence-corrected chi connectivity index (χ1v) is 6.11. The van der Waals surface area contributed by atoms with Crippen LogP contribution in [0.4, 0.5) is 13.2 Å². The maximum atomic E-state index is 12.0. The van der Waals surface area contributed by atoms with E-state index < -0.39 is 6.36 Å². The van der Waals surface area contributed by atoms with Crippen LogP contribution in [0, 0.1) is 0 Å². The van der Waals surface area contributed by atoms with Crippen molar-refractivity contribution in [1.82, 2.24) is 5.32 Å². The summed E-state index contributed by atoms with van der Waals surface area (Å²) >= 11 is 5.72. The lowest BCUT2D eigenvalue weighted by Gasteiger charge is -2.15. The predicted octanol–water partition coefficient (Wildman–Crippen LogP) is 2.93. The quantitative estimate of drug-likeness (QED) is 0.785. The lowest BCUT2D eigenvalue weighted by molar-refractivity contribution is -0.274. The number of nitrogens with one attached hydrogen (secondary N) is 1. The van der Waals surface area contributed by atoms with E-state index in [0.29, 0.717) is 19.0 Å². The summed E-state index contributed by atoms with van der Waals surface area (Å²) in [5.41, 5.74) is 0.834. The Morgan fingerprint density at radius 1 is 1.26 bits per heavy atom. The number of ether oxygens (including phenoxy) is 2. The molecule has 0 saturated carbocycles. The minimum absolute atomic E-state index is 0.00207. The number of hydrogen-bond acceptors (Lipinski definition) is 3. The number of methoxy groups -OCH3 is 1. The van der Waals surface area contributed by atoms with Crippen molar-refractivity contribution in [2.45, 2.75) is 18.9 Å². The second kappa shape index (κ2) is 7.57. The summed E-state index contributed by atoms with van der Waals surface area (Å²) in [6.45, 7) is 0.964. The highest BCUT2D eigenvalue weighted by Crippen LogP contribution is 2.22. The minimum atomic E-state index is -4.66. The Bertz CT molecular complexity index is 370. The summed E-state index contributed by atoms with van der Waals surface area (Å²) in [6.07, 6.45) is -4.66. The Labute approximate surface area is 114 Å². The molecule has 0 spiro atoms. The summed E-state index contributed by atoms with van der Waals surface area (Å²) < 4.78 is 44.6. The molecule has 0 aliphatic heterocycles. The average Bonchev–Trinajstić information content (AvgIpc) is 2.34. The molecular weight excluding hydrogens is 283 g/mol. The smallest absolute Gasteiger partial charge is 0.406 e. The van der Waals surface area contributed by atoms with Crippen molar-refractivity contribution in [2.75, 3.05) is 19.6 Å². The van der Waals surface area contributed by atoms with Crippen LogP contribution in [0.2, 0.25) is 0 Å². The summed E-state index contributed by atoms with van der Waals surface area (Å²) in [5.74, 6) is 0.158. The zero-order chi connectivity index (χ0) is 14.3. The van der Waals surface area contributed by atoms with Crippen molar-refractivity contribution >= 4 is 11.6 Å². The summed E-state index contributed by atoms with van der Waals surface area (Å²) in [4.78, 5) is 0. The molecule has 0 aliphatic rings. The Hall–Kier alpha value is -0.980. The number of alkyl halides is 4. The van der Waals surface area contributed by atoms with E-state index in [2.05, 4.69) is 10.1 Å². The van der Waals surface area contributed by atoms with Crippen LogP contribution >= 0.6 is 11.6 Å². The van der Waals surface area contributed by atoms with Crippen LogP contribution in [-0.2, 0) is 11.3 Å². The highest BCUT2D eigenvalue weighted by Gasteiger charge is 2.30. The van der Waals surface area contributed by atoms with Gasteiger partial charge in [-0.3, -0.25) is 0 Å². The fraction of sp³-hybridized carbons (Fsp3) is 0.500. The molecule has 1 atom stereocenters. The van der Waals surface area contributed by atoms with Crippen LogP contribution in [0.25, 0.3) is 0 Å². The lowest BCUT2D eigenvalue weighted by atomic mass is 10.2. The molecule has 0 saturated heterocycles. The fourth-order valence-electron chi connectivity index (χ4n) is 1.43. The van der Waals surface area contributed by atoms with E-state index in [9.17, 15) is 13.2 Å². The highest BCUT2D eigenvalue weighted by molar-refractivity contribution is 6.18. The van der Waals surface area contributed by atoms with Gasteiger partial charge in [-0.2, -0.15) is 0 Å². The molecule has 0 aliphatic carbocycles. The van der Waals surface area contributed by atoms with Crippen LogP contribution in [0.3, 0.4) is 0 Å². The third-order valence-electron chi connectivity index (χ3n) is 2.31. The molecule has 1 N–H and O–H groups in total. The zero-order valence-corrected chi connectivity index (χ0v) is 11.1. The fourth-order valence-corrected chi connectivity index (χ4v) is 1.63. The van der Waals surface area contributed by atoms with E-state index in [-0.39, 0.29) is 11.8 Å². The topological polar surface area (TPSA) is 30.5 Å². The van der Waals surface area contributed by atoms with Crippen LogP contribution in [-0.4, -0.2) is 32.0 Å². The Morgan fingerprint density at radius 2 is 1.89 bits per heavy atom. The number of halogens is 4. The zero-order valence-electron chi connectivity index (χ0n) is 10.3. The molecule has 3 nitrogen and oxygen atoms in total. The third-order valence-corrected chi connectivity index (χ3v) is 2.68. The average molecular weight is 298 g/mol. The van der Waals surface area contributed by atoms with Crippen LogP contribution in [0.15, 0.2) is 24.3 Å². The maximum Gasteiger partial charge on any atom is 0.573 e. The normalized spacial score (nSPS) is 13.3. The maximum absolute atomic E-state index is 12.0. The van der Waals surface area contributed by atoms with E-state index in [1.807, 2.05) is 0 Å². The second-order valence-electron chi connectivity index (χ2n) is 3.88. The molecule has 0 fully saturated rings. The SMILES string of the molecule is COCC(CCl)NCc1ccc(OC(F)(F)F)cc1. The Balaban J connectivity index is 2.48. The van der Waals surface area contributed by atoms with Gasteiger partial charge in [-0.1, -0.05) is 12.1 Å². The first kappa shape index (κ1) is 16.1. The Kier molecular flexibility index (Phi) is 6.41. The molecule has 1 aromatic carbocycles. The Morgan fingerprint density at radius 3 is 2.37 bits per heavy atom. The molecule has 0 heterocycles. The van der Waals surface area contributed by atoms with Gasteiger partial charge in [-0.15, -0.1) is 24.8 Å². The third kappa shape index (κ3) is 6.66. The van der Waals surface area contributed by atoms with Gasteiger partial charge in [0.25, 0.3) is 0 Å². The molecule has 108 valence electrons. The van der Waals surface area contributed by atoms with E-state index >= 15 is 0 Å². The van der Waals surface area contributed by atoms with Gasteiger partial charge in [0.2, 0.25) is 0 Å². The van der Waals surface area contributed by atoms with Crippen LogP contribution in [0.1, 0.15) is 5.56 Å². The minimum Gasteiger partial charge on any atom is -0.406 e. The molecular formula is C12H15ClF3NO2. The van der Waals surface area contributed by atoms with Gasteiger partial charge in [0.1, 0.15) is 5.75 Å². The molecule has 1 rings (SSSR count). The molecule has 0 radical (unpaired) electrons. The molecule has 0 amide bonds. The van der Waals surface area contributed by atoms with Crippen LogP contribution in [0.5, 0.6) is 5.75 Å². The van der Waals surface area contributed by atoms with Gasteiger partial charge in [0, 0.05) is 25.6 Å². The second-order valence-corrected chi connectivity index (χ2v) is 4.19. The largest absolute Gasteiger partial charge is 0.573 e. The first-order valence-electron chi connectivity index (χ1n) is 5.57. The van der Waals surface area contributed by atoms with E-state index in [0.717, 1.165) is 5.56 Å². The molecule has 0 aromatic heterocycles. The van der Waals surface area contributed by atoms with Crippen molar-refractivity contribution < 1.29 is 22.6 Å². The monoisotopic (exact) mass is 297 g/mol. The molecule has 19 heavy (non-hydrogen) atoms. The van der Waals surface area contributed by atoms with E-state index in [1.165, 1.54) is 12.1 Å².